The fraction of sp³-hybridized carbons (Fsp3) is 0.375. The van der Waals surface area contributed by atoms with Gasteiger partial charge in [0.05, 0.1) is 5.52 Å². The van der Waals surface area contributed by atoms with Crippen molar-refractivity contribution in [3.05, 3.63) is 36.0 Å². The van der Waals surface area contributed by atoms with Crippen LogP contribution in [0.4, 0.5) is 5.69 Å². The van der Waals surface area contributed by atoms with E-state index in [2.05, 4.69) is 16.8 Å². The molecule has 4 heteroatoms. The van der Waals surface area contributed by atoms with Gasteiger partial charge in [-0.05, 0) is 38.3 Å². The third-order valence-electron chi connectivity index (χ3n) is 4.03. The Hall–Kier alpha value is -2.10. The Balaban J connectivity index is 2.18. The maximum Gasteiger partial charge on any atom is 0.354 e. The van der Waals surface area contributed by atoms with Crippen LogP contribution >= 0.6 is 0 Å². The molecule has 2 heterocycles. The summed E-state index contributed by atoms with van der Waals surface area (Å²) in [4.78, 5) is 17.8. The number of anilines is 1. The van der Waals surface area contributed by atoms with Crippen LogP contribution in [0.25, 0.3) is 10.9 Å². The molecule has 0 bridgehead atoms. The van der Waals surface area contributed by atoms with Gasteiger partial charge in [0, 0.05) is 23.7 Å². The van der Waals surface area contributed by atoms with Crippen molar-refractivity contribution < 1.29 is 9.90 Å². The Labute approximate surface area is 118 Å². The maximum absolute atomic E-state index is 11.3. The molecule has 20 heavy (non-hydrogen) atoms. The summed E-state index contributed by atoms with van der Waals surface area (Å²) in [5.74, 6) is -0.971. The highest BCUT2D eigenvalue weighted by atomic mass is 16.4. The van der Waals surface area contributed by atoms with Gasteiger partial charge in [0.2, 0.25) is 0 Å². The molecule has 0 aliphatic carbocycles. The van der Waals surface area contributed by atoms with Gasteiger partial charge in [-0.3, -0.25) is 0 Å². The number of hydrogen-bond acceptors (Lipinski definition) is 3. The molecule has 1 N–H and O–H groups in total. The van der Waals surface area contributed by atoms with Crippen LogP contribution in [0.5, 0.6) is 0 Å². The lowest BCUT2D eigenvalue weighted by Crippen LogP contribution is -2.37. The zero-order valence-corrected chi connectivity index (χ0v) is 11.5. The minimum absolute atomic E-state index is 0.122. The summed E-state index contributed by atoms with van der Waals surface area (Å²) < 4.78 is 0. The molecule has 4 nitrogen and oxygen atoms in total. The lowest BCUT2D eigenvalue weighted by atomic mass is 10.0. The molecule has 1 aromatic carbocycles. The second-order valence-corrected chi connectivity index (χ2v) is 5.39. The van der Waals surface area contributed by atoms with E-state index in [1.165, 1.54) is 6.42 Å². The molecule has 1 aromatic heterocycles. The van der Waals surface area contributed by atoms with Gasteiger partial charge >= 0.3 is 5.97 Å². The number of carboxylic acids is 1. The summed E-state index contributed by atoms with van der Waals surface area (Å²) in [6.45, 7) is 3.18. The zero-order chi connectivity index (χ0) is 14.1. The molecule has 0 spiro atoms. The van der Waals surface area contributed by atoms with E-state index in [0.717, 1.165) is 36.0 Å². The molecule has 0 amide bonds. The number of rotatable bonds is 2. The molecule has 1 aliphatic rings. The highest BCUT2D eigenvalue weighted by Gasteiger charge is 2.22. The Kier molecular flexibility index (Phi) is 3.30. The lowest BCUT2D eigenvalue weighted by Gasteiger charge is -2.36. The highest BCUT2D eigenvalue weighted by molar-refractivity contribution is 5.97. The summed E-state index contributed by atoms with van der Waals surface area (Å²) in [5, 5.41) is 10.3. The maximum atomic E-state index is 11.3. The third kappa shape index (κ3) is 2.22. The average Bonchev–Trinajstić information content (AvgIpc) is 2.46. The minimum Gasteiger partial charge on any atom is -0.477 e. The van der Waals surface area contributed by atoms with Crippen molar-refractivity contribution in [2.75, 3.05) is 11.4 Å². The van der Waals surface area contributed by atoms with Crippen molar-refractivity contribution in [3.8, 4) is 0 Å². The fourth-order valence-electron chi connectivity index (χ4n) is 2.96. The average molecular weight is 270 g/mol. The Morgan fingerprint density at radius 3 is 2.90 bits per heavy atom. The number of aromatic carboxylic acids is 1. The first-order valence-corrected chi connectivity index (χ1v) is 7.06. The molecule has 0 radical (unpaired) electrons. The summed E-state index contributed by atoms with van der Waals surface area (Å²) in [5.41, 5.74) is 1.87. The van der Waals surface area contributed by atoms with E-state index in [-0.39, 0.29) is 5.69 Å². The van der Waals surface area contributed by atoms with Crippen molar-refractivity contribution in [3.63, 3.8) is 0 Å². The van der Waals surface area contributed by atoms with Crippen LogP contribution < -0.4 is 4.90 Å². The van der Waals surface area contributed by atoms with Gasteiger partial charge in [0.25, 0.3) is 0 Å². The van der Waals surface area contributed by atoms with Crippen LogP contribution in [0.3, 0.4) is 0 Å². The molecule has 1 aliphatic heterocycles. The predicted molar refractivity (Wildman–Crippen MR) is 79.4 cm³/mol. The van der Waals surface area contributed by atoms with Crippen LogP contribution in [-0.4, -0.2) is 28.6 Å². The second-order valence-electron chi connectivity index (χ2n) is 5.39. The number of nitrogens with zero attached hydrogens (tertiary/aromatic N) is 2. The third-order valence-corrected chi connectivity index (χ3v) is 4.03. The number of benzene rings is 1. The first-order valence-electron chi connectivity index (χ1n) is 7.06. The molecular formula is C16H18N2O2. The van der Waals surface area contributed by atoms with Crippen molar-refractivity contribution >= 4 is 22.6 Å². The number of pyridine rings is 1. The van der Waals surface area contributed by atoms with Gasteiger partial charge in [-0.1, -0.05) is 18.2 Å². The fourth-order valence-corrected chi connectivity index (χ4v) is 2.96. The van der Waals surface area contributed by atoms with Crippen LogP contribution in [-0.2, 0) is 0 Å². The van der Waals surface area contributed by atoms with Crippen molar-refractivity contribution in [2.45, 2.75) is 32.2 Å². The van der Waals surface area contributed by atoms with Gasteiger partial charge in [-0.2, -0.15) is 0 Å². The SMILES string of the molecule is CC1CCCCN1c1cc(C(=O)O)nc2ccccc12. The topological polar surface area (TPSA) is 53.4 Å². The quantitative estimate of drug-likeness (QED) is 0.909. The lowest BCUT2D eigenvalue weighted by molar-refractivity contribution is 0.0691. The van der Waals surface area contributed by atoms with E-state index in [1.54, 1.807) is 6.07 Å². The number of aromatic nitrogens is 1. The Bertz CT molecular complexity index is 654. The number of fused-ring (bicyclic) bond motifs is 1. The van der Waals surface area contributed by atoms with Gasteiger partial charge in [-0.15, -0.1) is 0 Å². The molecule has 104 valence electrons. The van der Waals surface area contributed by atoms with Crippen LogP contribution in [0.2, 0.25) is 0 Å². The van der Waals surface area contributed by atoms with E-state index < -0.39 is 5.97 Å². The van der Waals surface area contributed by atoms with E-state index in [0.29, 0.717) is 6.04 Å². The van der Waals surface area contributed by atoms with E-state index in [4.69, 9.17) is 0 Å². The van der Waals surface area contributed by atoms with E-state index in [9.17, 15) is 9.90 Å². The minimum atomic E-state index is -0.971. The first-order chi connectivity index (χ1) is 9.66. The summed E-state index contributed by atoms with van der Waals surface area (Å²) in [7, 11) is 0. The molecule has 1 atom stereocenters. The largest absolute Gasteiger partial charge is 0.477 e. The predicted octanol–water partition coefficient (Wildman–Crippen LogP) is 3.31. The van der Waals surface area contributed by atoms with Crippen molar-refractivity contribution in [1.29, 1.82) is 0 Å². The number of para-hydroxylation sites is 1. The number of hydrogen-bond donors (Lipinski definition) is 1. The number of carboxylic acid groups (broad SMARTS) is 1. The highest BCUT2D eigenvalue weighted by Crippen LogP contribution is 2.31. The zero-order valence-electron chi connectivity index (χ0n) is 11.5. The molecule has 3 rings (SSSR count). The smallest absolute Gasteiger partial charge is 0.354 e. The van der Waals surface area contributed by atoms with Gasteiger partial charge in [0.15, 0.2) is 5.69 Å². The molecule has 1 fully saturated rings. The standard InChI is InChI=1S/C16H18N2O2/c1-11-6-4-5-9-18(11)15-10-14(16(19)20)17-13-8-3-2-7-12(13)15/h2-3,7-8,10-11H,4-6,9H2,1H3,(H,19,20). The van der Waals surface area contributed by atoms with Gasteiger partial charge in [-0.25, -0.2) is 9.78 Å². The van der Waals surface area contributed by atoms with E-state index >= 15 is 0 Å². The van der Waals surface area contributed by atoms with Crippen molar-refractivity contribution in [1.82, 2.24) is 4.98 Å². The van der Waals surface area contributed by atoms with E-state index in [1.807, 2.05) is 24.3 Å². The first kappa shape index (κ1) is 12.9. The number of piperidine rings is 1. The summed E-state index contributed by atoms with van der Waals surface area (Å²) >= 11 is 0. The Morgan fingerprint density at radius 2 is 2.15 bits per heavy atom. The van der Waals surface area contributed by atoms with Gasteiger partial charge < -0.3 is 10.0 Å². The summed E-state index contributed by atoms with van der Waals surface area (Å²) in [6.07, 6.45) is 3.55. The molecule has 1 saturated heterocycles. The Morgan fingerprint density at radius 1 is 1.35 bits per heavy atom. The molecule has 2 aromatic rings. The summed E-state index contributed by atoms with van der Waals surface area (Å²) in [6, 6.07) is 9.92. The molecule has 1 unspecified atom stereocenters. The normalized spacial score (nSPS) is 19.2. The van der Waals surface area contributed by atoms with Crippen molar-refractivity contribution in [2.24, 2.45) is 0 Å². The molecule has 0 saturated carbocycles. The van der Waals surface area contributed by atoms with Gasteiger partial charge in [0.1, 0.15) is 0 Å². The van der Waals surface area contributed by atoms with Crippen LogP contribution in [0, 0.1) is 0 Å². The molecular weight excluding hydrogens is 252 g/mol. The second kappa shape index (κ2) is 5.12. The van der Waals surface area contributed by atoms with Crippen LogP contribution in [0.1, 0.15) is 36.7 Å². The monoisotopic (exact) mass is 270 g/mol. The van der Waals surface area contributed by atoms with Crippen LogP contribution in [0.15, 0.2) is 30.3 Å². The number of carbonyl (C=O) groups is 1.